The summed E-state index contributed by atoms with van der Waals surface area (Å²) in [6.07, 6.45) is 0.207. The molecule has 0 spiro atoms. The summed E-state index contributed by atoms with van der Waals surface area (Å²) in [5.41, 5.74) is -0.532. The van der Waals surface area contributed by atoms with Crippen LogP contribution in [-0.2, 0) is 4.79 Å². The van der Waals surface area contributed by atoms with Crippen LogP contribution in [-0.4, -0.2) is 12.1 Å². The maximum absolute atomic E-state index is 13.0. The highest BCUT2D eigenvalue weighted by molar-refractivity contribution is 5.97. The number of benzene rings is 1. The summed E-state index contributed by atoms with van der Waals surface area (Å²) in [6.45, 7) is 0. The predicted octanol–water partition coefficient (Wildman–Crippen LogP) is 2.27. The van der Waals surface area contributed by atoms with Gasteiger partial charge < -0.3 is 4.79 Å². The topological polar surface area (TPSA) is 34.1 Å². The molecule has 1 aromatic rings. The van der Waals surface area contributed by atoms with Crippen LogP contribution in [0.25, 0.3) is 0 Å². The standard InChI is InChI=1S/C10H7F3O2/c11-7-5-9(13)8(12)4-6(7)10(15)2-1-3-14/h3-5H,1-2H2. The van der Waals surface area contributed by atoms with E-state index in [2.05, 4.69) is 0 Å². The molecule has 0 radical (unpaired) electrons. The molecule has 0 atom stereocenters. The van der Waals surface area contributed by atoms with Gasteiger partial charge in [0, 0.05) is 18.9 Å². The van der Waals surface area contributed by atoms with Gasteiger partial charge in [-0.3, -0.25) is 4.79 Å². The number of rotatable bonds is 4. The van der Waals surface area contributed by atoms with Gasteiger partial charge in [0.15, 0.2) is 17.4 Å². The third-order valence-corrected chi connectivity index (χ3v) is 1.80. The highest BCUT2D eigenvalue weighted by Crippen LogP contribution is 2.15. The first-order chi connectivity index (χ1) is 7.06. The van der Waals surface area contributed by atoms with Crippen molar-refractivity contribution in [1.29, 1.82) is 0 Å². The number of Topliss-reactive ketones (excluding diaryl/α,β-unsaturated/α-hetero) is 1. The molecule has 0 aliphatic rings. The maximum Gasteiger partial charge on any atom is 0.166 e. The lowest BCUT2D eigenvalue weighted by atomic mass is 10.1. The van der Waals surface area contributed by atoms with E-state index in [0.717, 1.165) is 0 Å². The summed E-state index contributed by atoms with van der Waals surface area (Å²) >= 11 is 0. The van der Waals surface area contributed by atoms with Crippen molar-refractivity contribution in [3.8, 4) is 0 Å². The Morgan fingerprint density at radius 1 is 1.13 bits per heavy atom. The van der Waals surface area contributed by atoms with Crippen LogP contribution in [0.5, 0.6) is 0 Å². The lowest BCUT2D eigenvalue weighted by Gasteiger charge is -2.01. The second-order valence-electron chi connectivity index (χ2n) is 2.87. The minimum absolute atomic E-state index is 0.0722. The Balaban J connectivity index is 2.98. The summed E-state index contributed by atoms with van der Waals surface area (Å²) in [7, 11) is 0. The second kappa shape index (κ2) is 4.72. The summed E-state index contributed by atoms with van der Waals surface area (Å²) in [4.78, 5) is 21.2. The number of carbonyl (C=O) groups is 2. The molecule has 0 aliphatic heterocycles. The molecule has 1 rings (SSSR count). The van der Waals surface area contributed by atoms with Gasteiger partial charge in [0.1, 0.15) is 12.1 Å². The van der Waals surface area contributed by atoms with Crippen molar-refractivity contribution in [3.05, 3.63) is 35.1 Å². The van der Waals surface area contributed by atoms with Crippen LogP contribution in [0.15, 0.2) is 12.1 Å². The molecule has 0 amide bonds. The highest BCUT2D eigenvalue weighted by Gasteiger charge is 2.15. The fourth-order valence-electron chi connectivity index (χ4n) is 1.06. The number of ketones is 1. The zero-order valence-corrected chi connectivity index (χ0v) is 7.60. The van der Waals surface area contributed by atoms with Crippen LogP contribution >= 0.6 is 0 Å². The third kappa shape index (κ3) is 2.65. The molecule has 0 unspecified atom stereocenters. The van der Waals surface area contributed by atoms with Crippen molar-refractivity contribution in [3.63, 3.8) is 0 Å². The van der Waals surface area contributed by atoms with Gasteiger partial charge in [-0.05, 0) is 6.07 Å². The molecule has 0 fully saturated rings. The quantitative estimate of drug-likeness (QED) is 0.439. The molecule has 1 aromatic carbocycles. The van der Waals surface area contributed by atoms with Gasteiger partial charge in [-0.25, -0.2) is 13.2 Å². The molecule has 5 heteroatoms. The van der Waals surface area contributed by atoms with Crippen LogP contribution in [0.1, 0.15) is 23.2 Å². The molecule has 0 bridgehead atoms. The summed E-state index contributed by atoms with van der Waals surface area (Å²) < 4.78 is 38.2. The van der Waals surface area contributed by atoms with Gasteiger partial charge in [0.05, 0.1) is 5.56 Å². The van der Waals surface area contributed by atoms with Gasteiger partial charge in [-0.15, -0.1) is 0 Å². The third-order valence-electron chi connectivity index (χ3n) is 1.80. The van der Waals surface area contributed by atoms with Crippen molar-refractivity contribution in [2.45, 2.75) is 12.8 Å². The molecule has 15 heavy (non-hydrogen) atoms. The number of carbonyl (C=O) groups excluding carboxylic acids is 2. The first-order valence-electron chi connectivity index (χ1n) is 4.17. The average Bonchev–Trinajstić information content (AvgIpc) is 2.20. The van der Waals surface area contributed by atoms with E-state index in [1.54, 1.807) is 0 Å². The molecule has 0 N–H and O–H groups in total. The fourth-order valence-corrected chi connectivity index (χ4v) is 1.06. The second-order valence-corrected chi connectivity index (χ2v) is 2.87. The summed E-state index contributed by atoms with van der Waals surface area (Å²) in [5, 5.41) is 0. The van der Waals surface area contributed by atoms with Gasteiger partial charge in [0.25, 0.3) is 0 Å². The first-order valence-corrected chi connectivity index (χ1v) is 4.17. The first kappa shape index (κ1) is 11.4. The monoisotopic (exact) mass is 216 g/mol. The van der Waals surface area contributed by atoms with Gasteiger partial charge in [-0.2, -0.15) is 0 Å². The van der Waals surface area contributed by atoms with E-state index in [-0.39, 0.29) is 12.8 Å². The van der Waals surface area contributed by atoms with Gasteiger partial charge in [-0.1, -0.05) is 0 Å². The Morgan fingerprint density at radius 3 is 2.33 bits per heavy atom. The molecule has 80 valence electrons. The molecule has 0 aliphatic carbocycles. The summed E-state index contributed by atoms with van der Waals surface area (Å²) in [5.74, 6) is -4.48. The minimum Gasteiger partial charge on any atom is -0.303 e. The van der Waals surface area contributed by atoms with E-state index < -0.39 is 28.8 Å². The minimum atomic E-state index is -1.35. The molecule has 0 heterocycles. The predicted molar refractivity (Wildman–Crippen MR) is 45.9 cm³/mol. The zero-order chi connectivity index (χ0) is 11.4. The van der Waals surface area contributed by atoms with Crippen molar-refractivity contribution in [2.75, 3.05) is 0 Å². The van der Waals surface area contributed by atoms with E-state index in [1.165, 1.54) is 0 Å². The van der Waals surface area contributed by atoms with Crippen molar-refractivity contribution >= 4 is 12.1 Å². The Kier molecular flexibility index (Phi) is 3.60. The van der Waals surface area contributed by atoms with Gasteiger partial charge in [0.2, 0.25) is 0 Å². The molecular weight excluding hydrogens is 209 g/mol. The van der Waals surface area contributed by atoms with Crippen LogP contribution in [0.2, 0.25) is 0 Å². The van der Waals surface area contributed by atoms with Crippen LogP contribution in [0.3, 0.4) is 0 Å². The van der Waals surface area contributed by atoms with Crippen LogP contribution < -0.4 is 0 Å². The van der Waals surface area contributed by atoms with Crippen LogP contribution in [0, 0.1) is 17.5 Å². The SMILES string of the molecule is O=CCCC(=O)c1cc(F)c(F)cc1F. The molecule has 0 aromatic heterocycles. The molecule has 2 nitrogen and oxygen atoms in total. The molecule has 0 saturated heterocycles. The Bertz CT molecular complexity index is 402. The lowest BCUT2D eigenvalue weighted by Crippen LogP contribution is -2.04. The maximum atomic E-state index is 13.0. The Labute approximate surface area is 83.7 Å². The van der Waals surface area contributed by atoms with Gasteiger partial charge >= 0.3 is 0 Å². The largest absolute Gasteiger partial charge is 0.303 e. The van der Waals surface area contributed by atoms with Crippen molar-refractivity contribution < 1.29 is 22.8 Å². The average molecular weight is 216 g/mol. The fraction of sp³-hybridized carbons (Fsp3) is 0.200. The highest BCUT2D eigenvalue weighted by atomic mass is 19.2. The van der Waals surface area contributed by atoms with Crippen molar-refractivity contribution in [2.24, 2.45) is 0 Å². The Morgan fingerprint density at radius 2 is 1.73 bits per heavy atom. The number of halogens is 3. The zero-order valence-electron chi connectivity index (χ0n) is 7.60. The summed E-state index contributed by atoms with van der Waals surface area (Å²) in [6, 6.07) is 0.807. The van der Waals surface area contributed by atoms with E-state index in [4.69, 9.17) is 0 Å². The van der Waals surface area contributed by atoms with Crippen molar-refractivity contribution in [1.82, 2.24) is 0 Å². The number of hydrogen-bond donors (Lipinski definition) is 0. The number of aldehydes is 1. The van der Waals surface area contributed by atoms with E-state index >= 15 is 0 Å². The smallest absolute Gasteiger partial charge is 0.166 e. The van der Waals surface area contributed by atoms with E-state index in [1.807, 2.05) is 0 Å². The van der Waals surface area contributed by atoms with E-state index in [9.17, 15) is 22.8 Å². The Hall–Kier alpha value is -1.65. The molecular formula is C10H7F3O2. The normalized spacial score (nSPS) is 10.1. The van der Waals surface area contributed by atoms with E-state index in [0.29, 0.717) is 18.4 Å². The van der Waals surface area contributed by atoms with Crippen LogP contribution in [0.4, 0.5) is 13.2 Å². The molecule has 0 saturated carbocycles. The lowest BCUT2D eigenvalue weighted by molar-refractivity contribution is -0.107. The number of hydrogen-bond acceptors (Lipinski definition) is 2.